The van der Waals surface area contributed by atoms with E-state index in [1.54, 1.807) is 17.0 Å². The summed E-state index contributed by atoms with van der Waals surface area (Å²) in [5, 5.41) is 11.8. The van der Waals surface area contributed by atoms with Crippen molar-refractivity contribution in [2.45, 2.75) is 52.5 Å². The van der Waals surface area contributed by atoms with Crippen LogP contribution in [-0.2, 0) is 9.59 Å². The number of carbonyl (C=O) groups excluding carboxylic acids is 2. The number of aryl methyl sites for hydroxylation is 1. The molecule has 1 aliphatic heterocycles. The molecule has 1 heterocycles. The van der Waals surface area contributed by atoms with Crippen molar-refractivity contribution in [1.82, 2.24) is 10.2 Å². The van der Waals surface area contributed by atoms with E-state index < -0.39 is 12.0 Å². The quantitative estimate of drug-likeness (QED) is 0.768. The Morgan fingerprint density at radius 3 is 2.67 bits per heavy atom. The van der Waals surface area contributed by atoms with Crippen molar-refractivity contribution < 1.29 is 19.5 Å². The summed E-state index contributed by atoms with van der Waals surface area (Å²) in [4.78, 5) is 38.2. The number of amides is 2. The molecule has 0 aromatic heterocycles. The van der Waals surface area contributed by atoms with Gasteiger partial charge in [-0.15, -0.1) is 0 Å². The second-order valence-electron chi connectivity index (χ2n) is 7.79. The first-order valence-electron chi connectivity index (χ1n) is 9.66. The van der Waals surface area contributed by atoms with Gasteiger partial charge in [0.1, 0.15) is 6.04 Å². The summed E-state index contributed by atoms with van der Waals surface area (Å²) in [6, 6.07) is 6.71. The molecule has 2 rings (SSSR count). The minimum atomic E-state index is -0.802. The van der Waals surface area contributed by atoms with Crippen LogP contribution in [-0.4, -0.2) is 46.9 Å². The van der Waals surface area contributed by atoms with Crippen LogP contribution >= 0.6 is 0 Å². The number of likely N-dealkylation sites (tertiary alicyclic amines) is 1. The second-order valence-corrected chi connectivity index (χ2v) is 7.79. The first-order valence-corrected chi connectivity index (χ1v) is 9.66. The van der Waals surface area contributed by atoms with Crippen LogP contribution < -0.4 is 5.32 Å². The fraction of sp³-hybridized carbons (Fsp3) is 0.571. The average molecular weight is 374 g/mol. The van der Waals surface area contributed by atoms with E-state index in [0.29, 0.717) is 25.1 Å². The first-order chi connectivity index (χ1) is 12.8. The molecule has 0 spiro atoms. The number of carboxylic acid groups (broad SMARTS) is 1. The van der Waals surface area contributed by atoms with E-state index in [1.165, 1.54) is 0 Å². The van der Waals surface area contributed by atoms with Gasteiger partial charge in [-0.2, -0.15) is 0 Å². The molecule has 27 heavy (non-hydrogen) atoms. The number of carbonyl (C=O) groups is 3. The topological polar surface area (TPSA) is 86.7 Å². The van der Waals surface area contributed by atoms with Crippen LogP contribution in [0.3, 0.4) is 0 Å². The number of nitrogens with one attached hydrogen (secondary N) is 1. The summed E-state index contributed by atoms with van der Waals surface area (Å²) in [6.07, 6.45) is 2.53. The van der Waals surface area contributed by atoms with E-state index in [0.717, 1.165) is 18.4 Å². The number of hydrogen-bond acceptors (Lipinski definition) is 3. The minimum absolute atomic E-state index is 0.0364. The first kappa shape index (κ1) is 20.9. The van der Waals surface area contributed by atoms with Gasteiger partial charge in [0, 0.05) is 25.1 Å². The normalized spacial score (nSPS) is 18.2. The molecule has 6 heteroatoms. The molecule has 1 aliphatic rings. The van der Waals surface area contributed by atoms with Gasteiger partial charge in [0.05, 0.1) is 0 Å². The van der Waals surface area contributed by atoms with E-state index in [1.807, 2.05) is 32.9 Å². The number of nitrogens with zero attached hydrogens (tertiary/aromatic N) is 1. The molecule has 2 amide bonds. The Morgan fingerprint density at radius 1 is 1.30 bits per heavy atom. The summed E-state index contributed by atoms with van der Waals surface area (Å²) in [5.41, 5.74) is 1.54. The maximum absolute atomic E-state index is 13.1. The zero-order chi connectivity index (χ0) is 20.0. The Kier molecular flexibility index (Phi) is 7.39. The molecule has 2 atom stereocenters. The van der Waals surface area contributed by atoms with Gasteiger partial charge in [0.15, 0.2) is 0 Å². The molecule has 0 radical (unpaired) electrons. The van der Waals surface area contributed by atoms with Crippen molar-refractivity contribution in [1.29, 1.82) is 0 Å². The molecule has 0 saturated carbocycles. The summed E-state index contributed by atoms with van der Waals surface area (Å²) < 4.78 is 0. The molecule has 0 bridgehead atoms. The number of rotatable bonds is 7. The summed E-state index contributed by atoms with van der Waals surface area (Å²) >= 11 is 0. The zero-order valence-corrected chi connectivity index (χ0v) is 16.4. The highest BCUT2D eigenvalue weighted by Crippen LogP contribution is 2.22. The molecule has 6 nitrogen and oxygen atoms in total. The third kappa shape index (κ3) is 6.08. The van der Waals surface area contributed by atoms with Gasteiger partial charge < -0.3 is 15.3 Å². The van der Waals surface area contributed by atoms with Gasteiger partial charge in [0.25, 0.3) is 5.91 Å². The predicted octanol–water partition coefficient (Wildman–Crippen LogP) is 2.85. The van der Waals surface area contributed by atoms with Crippen LogP contribution in [0.2, 0.25) is 0 Å². The van der Waals surface area contributed by atoms with Crippen molar-refractivity contribution in [3.05, 3.63) is 35.4 Å². The van der Waals surface area contributed by atoms with Crippen LogP contribution in [0, 0.1) is 18.8 Å². The zero-order valence-electron chi connectivity index (χ0n) is 16.4. The smallest absolute Gasteiger partial charge is 0.303 e. The molecule has 0 aliphatic carbocycles. The Morgan fingerprint density at radius 2 is 2.04 bits per heavy atom. The lowest BCUT2D eigenvalue weighted by molar-refractivity contribution is -0.137. The van der Waals surface area contributed by atoms with Gasteiger partial charge in [-0.3, -0.25) is 14.4 Å². The summed E-state index contributed by atoms with van der Waals surface area (Å²) in [7, 11) is 0. The number of carboxylic acids is 1. The van der Waals surface area contributed by atoms with E-state index in [-0.39, 0.29) is 30.1 Å². The molecular formula is C21H30N2O4. The van der Waals surface area contributed by atoms with Crippen molar-refractivity contribution >= 4 is 17.8 Å². The van der Waals surface area contributed by atoms with Crippen molar-refractivity contribution in [2.75, 3.05) is 13.1 Å². The van der Waals surface area contributed by atoms with Crippen LogP contribution in [0.15, 0.2) is 24.3 Å². The highest BCUT2D eigenvalue weighted by molar-refractivity contribution is 5.97. The van der Waals surface area contributed by atoms with Gasteiger partial charge in [-0.1, -0.05) is 31.5 Å². The monoisotopic (exact) mass is 374 g/mol. The number of hydrogen-bond donors (Lipinski definition) is 2. The molecule has 1 saturated heterocycles. The summed E-state index contributed by atoms with van der Waals surface area (Å²) in [5.74, 6) is -0.954. The molecule has 148 valence electrons. The predicted molar refractivity (Wildman–Crippen MR) is 103 cm³/mol. The Balaban J connectivity index is 2.03. The molecule has 1 aromatic carbocycles. The van der Waals surface area contributed by atoms with Crippen LogP contribution in [0.4, 0.5) is 0 Å². The van der Waals surface area contributed by atoms with E-state index in [2.05, 4.69) is 5.32 Å². The van der Waals surface area contributed by atoms with Crippen molar-refractivity contribution in [3.63, 3.8) is 0 Å². The lowest BCUT2D eigenvalue weighted by atomic mass is 9.92. The number of benzene rings is 1. The number of piperidine rings is 1. The lowest BCUT2D eigenvalue weighted by Crippen LogP contribution is -2.53. The average Bonchev–Trinajstić information content (AvgIpc) is 2.63. The third-order valence-corrected chi connectivity index (χ3v) is 5.10. The fourth-order valence-electron chi connectivity index (χ4n) is 3.55. The standard InChI is InChI=1S/C21H30N2O4/c1-14(2)19(22-20(26)17-8-4-6-15(3)12-17)21(27)23-11-5-7-16(13-23)9-10-18(24)25/h4,6,8,12,14,16,19H,5,7,9-11,13H2,1-3H3,(H,22,26)(H,24,25). The minimum Gasteiger partial charge on any atom is -0.481 e. The largest absolute Gasteiger partial charge is 0.481 e. The van der Waals surface area contributed by atoms with Crippen LogP contribution in [0.1, 0.15) is 55.5 Å². The maximum Gasteiger partial charge on any atom is 0.303 e. The Labute approximate surface area is 160 Å². The number of aliphatic carboxylic acids is 1. The molecule has 1 fully saturated rings. The van der Waals surface area contributed by atoms with Crippen molar-refractivity contribution in [3.8, 4) is 0 Å². The SMILES string of the molecule is Cc1cccc(C(=O)NC(C(=O)N2CCCC(CCC(=O)O)C2)C(C)C)c1. The fourth-order valence-corrected chi connectivity index (χ4v) is 3.55. The summed E-state index contributed by atoms with van der Waals surface area (Å²) in [6.45, 7) is 6.99. The van der Waals surface area contributed by atoms with Gasteiger partial charge in [0.2, 0.25) is 5.91 Å². The highest BCUT2D eigenvalue weighted by atomic mass is 16.4. The highest BCUT2D eigenvalue weighted by Gasteiger charge is 2.32. The third-order valence-electron chi connectivity index (χ3n) is 5.10. The van der Waals surface area contributed by atoms with E-state index in [9.17, 15) is 14.4 Å². The lowest BCUT2D eigenvalue weighted by Gasteiger charge is -2.36. The van der Waals surface area contributed by atoms with Gasteiger partial charge >= 0.3 is 5.97 Å². The Bertz CT molecular complexity index is 687. The molecular weight excluding hydrogens is 344 g/mol. The molecule has 2 unspecified atom stereocenters. The van der Waals surface area contributed by atoms with E-state index >= 15 is 0 Å². The molecule has 2 N–H and O–H groups in total. The van der Waals surface area contributed by atoms with Crippen molar-refractivity contribution in [2.24, 2.45) is 11.8 Å². The van der Waals surface area contributed by atoms with E-state index in [4.69, 9.17) is 5.11 Å². The van der Waals surface area contributed by atoms with Gasteiger partial charge in [-0.05, 0) is 50.2 Å². The van der Waals surface area contributed by atoms with Crippen LogP contribution in [0.25, 0.3) is 0 Å². The van der Waals surface area contributed by atoms with Crippen LogP contribution in [0.5, 0.6) is 0 Å². The maximum atomic E-state index is 13.1. The van der Waals surface area contributed by atoms with Gasteiger partial charge in [-0.25, -0.2) is 0 Å². The second kappa shape index (κ2) is 9.53. The molecule has 1 aromatic rings. The Hall–Kier alpha value is -2.37.